The summed E-state index contributed by atoms with van der Waals surface area (Å²) >= 11 is 0. The summed E-state index contributed by atoms with van der Waals surface area (Å²) in [5, 5.41) is 18.5. The summed E-state index contributed by atoms with van der Waals surface area (Å²) < 4.78 is 1.59. The van der Waals surface area contributed by atoms with Crippen molar-refractivity contribution in [2.45, 2.75) is 38.6 Å². The molecule has 1 aliphatic rings. The molecule has 27 heavy (non-hydrogen) atoms. The Bertz CT molecular complexity index is 885. The van der Waals surface area contributed by atoms with Crippen molar-refractivity contribution in [2.24, 2.45) is 0 Å². The summed E-state index contributed by atoms with van der Waals surface area (Å²) in [7, 11) is 0. The zero-order valence-electron chi connectivity index (χ0n) is 15.4. The summed E-state index contributed by atoms with van der Waals surface area (Å²) in [6.07, 6.45) is 5.88. The summed E-state index contributed by atoms with van der Waals surface area (Å²) in [5.74, 6) is 0.418. The number of aryl methyl sites for hydroxylation is 2. The average molecular weight is 365 g/mol. The van der Waals surface area contributed by atoms with Crippen molar-refractivity contribution in [1.82, 2.24) is 35.3 Å². The number of benzene rings is 1. The zero-order chi connectivity index (χ0) is 18.6. The fraction of sp³-hybridized carbons (Fsp3) is 0.421. The SMILES string of the molecule is Cc1ccc(-c2cn[nH]c2C2CCCN(C(=O)CCn3cnnn3)C2)cc1. The molecule has 0 saturated carbocycles. The van der Waals surface area contributed by atoms with Crippen LogP contribution in [0.1, 0.15) is 36.4 Å². The van der Waals surface area contributed by atoms with Crippen molar-refractivity contribution in [2.75, 3.05) is 13.1 Å². The molecule has 1 fully saturated rings. The first-order chi connectivity index (χ1) is 13.2. The molecule has 1 aromatic carbocycles. The average Bonchev–Trinajstić information content (AvgIpc) is 3.39. The molecule has 0 aliphatic carbocycles. The predicted molar refractivity (Wildman–Crippen MR) is 99.7 cm³/mol. The minimum atomic E-state index is 0.145. The van der Waals surface area contributed by atoms with Crippen LogP contribution in [0.25, 0.3) is 11.1 Å². The standard InChI is InChI=1S/C19H23N7O/c1-14-4-6-15(7-5-14)17-11-20-22-19(17)16-3-2-9-25(12-16)18(27)8-10-26-13-21-23-24-26/h4-7,11,13,16H,2-3,8-10,12H2,1H3,(H,20,22). The molecule has 140 valence electrons. The van der Waals surface area contributed by atoms with Gasteiger partial charge < -0.3 is 4.90 Å². The van der Waals surface area contributed by atoms with Crippen molar-refractivity contribution >= 4 is 5.91 Å². The number of hydrogen-bond donors (Lipinski definition) is 1. The van der Waals surface area contributed by atoms with Crippen LogP contribution in [0, 0.1) is 6.92 Å². The number of carbonyl (C=O) groups excluding carboxylic acids is 1. The number of rotatable bonds is 5. The van der Waals surface area contributed by atoms with Crippen LogP contribution in [0.4, 0.5) is 0 Å². The second kappa shape index (κ2) is 7.69. The number of nitrogens with one attached hydrogen (secondary N) is 1. The number of nitrogens with zero attached hydrogens (tertiary/aromatic N) is 6. The van der Waals surface area contributed by atoms with Crippen molar-refractivity contribution in [3.8, 4) is 11.1 Å². The van der Waals surface area contributed by atoms with Gasteiger partial charge in [-0.3, -0.25) is 9.89 Å². The molecule has 1 unspecified atom stereocenters. The maximum absolute atomic E-state index is 12.6. The zero-order valence-corrected chi connectivity index (χ0v) is 15.4. The molecule has 0 radical (unpaired) electrons. The van der Waals surface area contributed by atoms with Crippen LogP contribution in [0.5, 0.6) is 0 Å². The Morgan fingerprint density at radius 1 is 1.30 bits per heavy atom. The molecule has 4 rings (SSSR count). The first-order valence-electron chi connectivity index (χ1n) is 9.29. The maximum atomic E-state index is 12.6. The van der Waals surface area contributed by atoms with Gasteiger partial charge in [0.1, 0.15) is 6.33 Å². The van der Waals surface area contributed by atoms with E-state index < -0.39 is 0 Å². The van der Waals surface area contributed by atoms with E-state index in [0.717, 1.165) is 42.8 Å². The van der Waals surface area contributed by atoms with Gasteiger partial charge >= 0.3 is 0 Å². The topological polar surface area (TPSA) is 92.6 Å². The van der Waals surface area contributed by atoms with Crippen LogP contribution in [0.15, 0.2) is 36.8 Å². The molecule has 0 bridgehead atoms. The van der Waals surface area contributed by atoms with Crippen molar-refractivity contribution in [3.63, 3.8) is 0 Å². The van der Waals surface area contributed by atoms with Gasteiger partial charge in [0, 0.05) is 36.7 Å². The number of amides is 1. The summed E-state index contributed by atoms with van der Waals surface area (Å²) in [4.78, 5) is 14.6. The maximum Gasteiger partial charge on any atom is 0.224 e. The van der Waals surface area contributed by atoms with Gasteiger partial charge in [-0.1, -0.05) is 29.8 Å². The highest BCUT2D eigenvalue weighted by atomic mass is 16.2. The Balaban J connectivity index is 1.45. The molecule has 1 saturated heterocycles. The van der Waals surface area contributed by atoms with Crippen LogP contribution >= 0.6 is 0 Å². The summed E-state index contributed by atoms with van der Waals surface area (Å²) in [5.41, 5.74) is 4.65. The van der Waals surface area contributed by atoms with E-state index in [9.17, 15) is 4.79 Å². The van der Waals surface area contributed by atoms with Gasteiger partial charge in [-0.15, -0.1) is 5.10 Å². The van der Waals surface area contributed by atoms with E-state index in [1.807, 2.05) is 11.1 Å². The van der Waals surface area contributed by atoms with Gasteiger partial charge in [-0.05, 0) is 35.8 Å². The summed E-state index contributed by atoms with van der Waals surface area (Å²) in [6.45, 7) is 4.11. The Kier molecular flexibility index (Phi) is 4.95. The Hall–Kier alpha value is -3.03. The fourth-order valence-electron chi connectivity index (χ4n) is 3.66. The third-order valence-electron chi connectivity index (χ3n) is 5.16. The first kappa shape index (κ1) is 17.4. The van der Waals surface area contributed by atoms with E-state index in [1.165, 1.54) is 11.9 Å². The van der Waals surface area contributed by atoms with E-state index in [2.05, 4.69) is 56.9 Å². The van der Waals surface area contributed by atoms with E-state index in [-0.39, 0.29) is 11.8 Å². The van der Waals surface area contributed by atoms with Gasteiger partial charge in [0.05, 0.1) is 12.7 Å². The molecular formula is C19H23N7O. The van der Waals surface area contributed by atoms with E-state index in [0.29, 0.717) is 13.0 Å². The van der Waals surface area contributed by atoms with Crippen molar-refractivity contribution in [1.29, 1.82) is 0 Å². The Labute approximate surface area is 157 Å². The number of hydrogen-bond acceptors (Lipinski definition) is 5. The van der Waals surface area contributed by atoms with Crippen LogP contribution < -0.4 is 0 Å². The number of piperidine rings is 1. The van der Waals surface area contributed by atoms with Gasteiger partial charge in [-0.2, -0.15) is 5.10 Å². The second-order valence-corrected chi connectivity index (χ2v) is 7.07. The molecule has 1 amide bonds. The van der Waals surface area contributed by atoms with Crippen LogP contribution in [0.3, 0.4) is 0 Å². The fourth-order valence-corrected chi connectivity index (χ4v) is 3.66. The molecule has 2 aromatic heterocycles. The largest absolute Gasteiger partial charge is 0.342 e. The molecule has 3 heterocycles. The minimum Gasteiger partial charge on any atom is -0.342 e. The number of aromatic amines is 1. The third kappa shape index (κ3) is 3.89. The van der Waals surface area contributed by atoms with Gasteiger partial charge in [0.15, 0.2) is 0 Å². The molecule has 3 aromatic rings. The lowest BCUT2D eigenvalue weighted by molar-refractivity contribution is -0.132. The lowest BCUT2D eigenvalue weighted by Gasteiger charge is -2.33. The van der Waals surface area contributed by atoms with Crippen molar-refractivity contribution in [3.05, 3.63) is 48.0 Å². The lowest BCUT2D eigenvalue weighted by atomic mass is 9.90. The monoisotopic (exact) mass is 365 g/mol. The third-order valence-corrected chi connectivity index (χ3v) is 5.16. The van der Waals surface area contributed by atoms with Crippen LogP contribution in [-0.2, 0) is 11.3 Å². The highest BCUT2D eigenvalue weighted by Gasteiger charge is 2.27. The second-order valence-electron chi connectivity index (χ2n) is 7.07. The highest BCUT2D eigenvalue weighted by Crippen LogP contribution is 2.33. The van der Waals surface area contributed by atoms with Gasteiger partial charge in [0.25, 0.3) is 0 Å². The number of H-pyrrole nitrogens is 1. The van der Waals surface area contributed by atoms with Gasteiger partial charge in [0.2, 0.25) is 5.91 Å². The van der Waals surface area contributed by atoms with Crippen LogP contribution in [-0.4, -0.2) is 54.3 Å². The molecule has 1 atom stereocenters. The molecule has 8 nitrogen and oxygen atoms in total. The number of tetrazole rings is 1. The normalized spacial score (nSPS) is 17.2. The van der Waals surface area contributed by atoms with Crippen LogP contribution in [0.2, 0.25) is 0 Å². The number of carbonyl (C=O) groups is 1. The summed E-state index contributed by atoms with van der Waals surface area (Å²) in [6, 6.07) is 8.48. The van der Waals surface area contributed by atoms with E-state index in [1.54, 1.807) is 4.68 Å². The Morgan fingerprint density at radius 2 is 2.15 bits per heavy atom. The van der Waals surface area contributed by atoms with E-state index in [4.69, 9.17) is 0 Å². The van der Waals surface area contributed by atoms with Gasteiger partial charge in [-0.25, -0.2) is 4.68 Å². The molecule has 0 spiro atoms. The minimum absolute atomic E-state index is 0.145. The molecule has 8 heteroatoms. The highest BCUT2D eigenvalue weighted by molar-refractivity contribution is 5.76. The molecular weight excluding hydrogens is 342 g/mol. The van der Waals surface area contributed by atoms with Crippen molar-refractivity contribution < 1.29 is 4.79 Å². The molecule has 1 N–H and O–H groups in total. The lowest BCUT2D eigenvalue weighted by Crippen LogP contribution is -2.39. The Morgan fingerprint density at radius 3 is 2.93 bits per heavy atom. The van der Waals surface area contributed by atoms with E-state index >= 15 is 0 Å². The predicted octanol–water partition coefficient (Wildman–Crippen LogP) is 2.17. The number of aromatic nitrogens is 6. The quantitative estimate of drug-likeness (QED) is 0.748. The smallest absolute Gasteiger partial charge is 0.224 e. The number of likely N-dealkylation sites (tertiary alicyclic amines) is 1. The first-order valence-corrected chi connectivity index (χ1v) is 9.29. The molecule has 1 aliphatic heterocycles.